The topological polar surface area (TPSA) is 34.9 Å². The number of hydrogen-bond acceptors (Lipinski definition) is 3. The van der Waals surface area contributed by atoms with Crippen LogP contribution in [0.4, 0.5) is 0 Å². The number of ketones is 1. The fourth-order valence-electron chi connectivity index (χ4n) is 1.34. The predicted molar refractivity (Wildman–Crippen MR) is 69.7 cm³/mol. The van der Waals surface area contributed by atoms with Crippen LogP contribution in [0.5, 0.6) is 0 Å². The second-order valence-electron chi connectivity index (χ2n) is 3.54. The monoisotopic (exact) mass is 266 g/mol. The molecule has 1 heterocycles. The molecule has 0 saturated carbocycles. The minimum absolute atomic E-state index is 0.0237. The first-order valence-electron chi connectivity index (χ1n) is 5.06. The van der Waals surface area contributed by atoms with Crippen LogP contribution < -0.4 is 0 Å². The van der Waals surface area contributed by atoms with Gasteiger partial charge in [-0.05, 0) is 24.3 Å². The molecule has 0 amide bonds. The van der Waals surface area contributed by atoms with E-state index >= 15 is 0 Å². The van der Waals surface area contributed by atoms with Crippen molar-refractivity contribution < 1.29 is 4.79 Å². The molecule has 2 rings (SSSR count). The summed E-state index contributed by atoms with van der Waals surface area (Å²) in [6, 6.07) is 9.18. The number of carbonyl (C=O) groups excluding carboxylic acids is 1. The molecule has 0 aliphatic rings. The normalized spacial score (nSPS) is 10.5. The first-order chi connectivity index (χ1) is 8.15. The number of aryl methyl sites for hydroxylation is 1. The Labute approximate surface area is 109 Å². The summed E-state index contributed by atoms with van der Waals surface area (Å²) in [5, 5.41) is 4.75. The maximum atomic E-state index is 11.8. The molecule has 0 atom stereocenters. The third kappa shape index (κ3) is 3.35. The van der Waals surface area contributed by atoms with Crippen LogP contribution in [0.25, 0.3) is 0 Å². The summed E-state index contributed by atoms with van der Waals surface area (Å²) >= 11 is 7.33. The van der Waals surface area contributed by atoms with Gasteiger partial charge in [-0.25, -0.2) is 0 Å². The zero-order valence-electron chi connectivity index (χ0n) is 9.26. The Morgan fingerprint density at radius 2 is 2.29 bits per heavy atom. The summed E-state index contributed by atoms with van der Waals surface area (Å²) in [5.41, 5.74) is 0.502. The van der Waals surface area contributed by atoms with E-state index < -0.39 is 0 Å². The van der Waals surface area contributed by atoms with Crippen molar-refractivity contribution in [2.24, 2.45) is 7.05 Å². The average molecular weight is 267 g/mol. The van der Waals surface area contributed by atoms with Crippen molar-refractivity contribution in [2.75, 3.05) is 5.75 Å². The molecule has 0 saturated heterocycles. The molecule has 0 bridgehead atoms. The molecule has 0 aliphatic carbocycles. The molecule has 0 radical (unpaired) electrons. The molecule has 17 heavy (non-hydrogen) atoms. The highest BCUT2D eigenvalue weighted by molar-refractivity contribution is 8.00. The summed E-state index contributed by atoms with van der Waals surface area (Å²) in [6.45, 7) is 0. The molecule has 1 aromatic carbocycles. The second-order valence-corrected chi connectivity index (χ2v) is 5.03. The summed E-state index contributed by atoms with van der Waals surface area (Å²) in [4.78, 5) is 12.8. The van der Waals surface area contributed by atoms with Crippen LogP contribution in [0.2, 0.25) is 5.02 Å². The van der Waals surface area contributed by atoms with E-state index in [1.165, 1.54) is 11.8 Å². The van der Waals surface area contributed by atoms with Gasteiger partial charge in [-0.15, -0.1) is 11.8 Å². The van der Waals surface area contributed by atoms with Crippen LogP contribution in [0.1, 0.15) is 10.5 Å². The summed E-state index contributed by atoms with van der Waals surface area (Å²) < 4.78 is 1.62. The maximum absolute atomic E-state index is 11.8. The van der Waals surface area contributed by atoms with Gasteiger partial charge in [0.1, 0.15) is 5.69 Å². The van der Waals surface area contributed by atoms with Gasteiger partial charge in [0.25, 0.3) is 0 Å². The number of halogens is 1. The lowest BCUT2D eigenvalue weighted by Gasteiger charge is -2.00. The van der Waals surface area contributed by atoms with E-state index in [9.17, 15) is 4.79 Å². The molecular formula is C12H11ClN2OS. The van der Waals surface area contributed by atoms with Crippen LogP contribution in [-0.4, -0.2) is 21.3 Å². The molecule has 5 heteroatoms. The van der Waals surface area contributed by atoms with Gasteiger partial charge in [-0.1, -0.05) is 17.7 Å². The Morgan fingerprint density at radius 1 is 1.47 bits per heavy atom. The van der Waals surface area contributed by atoms with Crippen LogP contribution in [0.3, 0.4) is 0 Å². The Balaban J connectivity index is 1.97. The number of thioether (sulfide) groups is 1. The molecule has 0 spiro atoms. The first-order valence-corrected chi connectivity index (χ1v) is 6.43. The SMILES string of the molecule is Cn1ccc(C(=O)CSc2cccc(Cl)c2)n1. The Bertz CT molecular complexity index is 539. The minimum atomic E-state index is 0.0237. The first kappa shape index (κ1) is 12.2. The van der Waals surface area contributed by atoms with Gasteiger partial charge in [0.05, 0.1) is 5.75 Å². The number of Topliss-reactive ketones (excluding diaryl/α,β-unsaturated/α-hetero) is 1. The van der Waals surface area contributed by atoms with Crippen molar-refractivity contribution in [1.29, 1.82) is 0 Å². The molecule has 0 fully saturated rings. The molecule has 2 aromatic rings. The lowest BCUT2D eigenvalue weighted by atomic mass is 10.3. The zero-order chi connectivity index (χ0) is 12.3. The maximum Gasteiger partial charge on any atom is 0.193 e. The highest BCUT2D eigenvalue weighted by Crippen LogP contribution is 2.22. The molecule has 88 valence electrons. The van der Waals surface area contributed by atoms with Gasteiger partial charge < -0.3 is 0 Å². The fraction of sp³-hybridized carbons (Fsp3) is 0.167. The number of aromatic nitrogens is 2. The van der Waals surface area contributed by atoms with Gasteiger partial charge in [-0.2, -0.15) is 5.10 Å². The molecular weight excluding hydrogens is 256 g/mol. The quantitative estimate of drug-likeness (QED) is 0.630. The van der Waals surface area contributed by atoms with Crippen molar-refractivity contribution in [3.05, 3.63) is 47.2 Å². The van der Waals surface area contributed by atoms with Crippen molar-refractivity contribution >= 4 is 29.1 Å². The Morgan fingerprint density at radius 3 is 2.94 bits per heavy atom. The summed E-state index contributed by atoms with van der Waals surface area (Å²) in [5.74, 6) is 0.396. The van der Waals surface area contributed by atoms with Crippen LogP contribution >= 0.6 is 23.4 Å². The van der Waals surface area contributed by atoms with Gasteiger partial charge in [-0.3, -0.25) is 9.48 Å². The minimum Gasteiger partial charge on any atom is -0.291 e. The standard InChI is InChI=1S/C12H11ClN2OS/c1-15-6-5-11(14-15)12(16)8-17-10-4-2-3-9(13)7-10/h2-7H,8H2,1H3. The Hall–Kier alpha value is -1.26. The van der Waals surface area contributed by atoms with E-state index in [0.717, 1.165) is 4.90 Å². The van der Waals surface area contributed by atoms with Gasteiger partial charge in [0.2, 0.25) is 0 Å². The van der Waals surface area contributed by atoms with Crippen molar-refractivity contribution in [2.45, 2.75) is 4.90 Å². The van der Waals surface area contributed by atoms with Gasteiger partial charge in [0, 0.05) is 23.2 Å². The summed E-state index contributed by atoms with van der Waals surface area (Å²) in [6.07, 6.45) is 1.76. The van der Waals surface area contributed by atoms with E-state index in [-0.39, 0.29) is 5.78 Å². The lowest BCUT2D eigenvalue weighted by molar-refractivity contribution is 0.101. The van der Waals surface area contributed by atoms with E-state index in [1.807, 2.05) is 24.3 Å². The van der Waals surface area contributed by atoms with Crippen molar-refractivity contribution in [3.63, 3.8) is 0 Å². The Kier molecular flexibility index (Phi) is 3.86. The molecule has 0 unspecified atom stereocenters. The summed E-state index contributed by atoms with van der Waals surface area (Å²) in [7, 11) is 1.79. The van der Waals surface area contributed by atoms with Crippen molar-refractivity contribution in [3.8, 4) is 0 Å². The fourth-order valence-corrected chi connectivity index (χ4v) is 2.43. The smallest absolute Gasteiger partial charge is 0.193 e. The third-order valence-corrected chi connectivity index (χ3v) is 3.39. The highest BCUT2D eigenvalue weighted by atomic mass is 35.5. The third-order valence-electron chi connectivity index (χ3n) is 2.17. The molecule has 1 aromatic heterocycles. The van der Waals surface area contributed by atoms with Gasteiger partial charge >= 0.3 is 0 Å². The predicted octanol–water partition coefficient (Wildman–Crippen LogP) is 3.05. The number of nitrogens with zero attached hydrogens (tertiary/aromatic N) is 2. The number of rotatable bonds is 4. The van der Waals surface area contributed by atoms with E-state index in [0.29, 0.717) is 16.5 Å². The molecule has 3 nitrogen and oxygen atoms in total. The van der Waals surface area contributed by atoms with Crippen LogP contribution in [-0.2, 0) is 7.05 Å². The molecule has 0 N–H and O–H groups in total. The van der Waals surface area contributed by atoms with E-state index in [4.69, 9.17) is 11.6 Å². The number of benzene rings is 1. The zero-order valence-corrected chi connectivity index (χ0v) is 10.8. The average Bonchev–Trinajstić information content (AvgIpc) is 2.73. The van der Waals surface area contributed by atoms with Crippen LogP contribution in [0.15, 0.2) is 41.4 Å². The van der Waals surface area contributed by atoms with Crippen molar-refractivity contribution in [1.82, 2.24) is 9.78 Å². The number of carbonyl (C=O) groups is 1. The molecule has 0 aliphatic heterocycles. The highest BCUT2D eigenvalue weighted by Gasteiger charge is 2.09. The van der Waals surface area contributed by atoms with Gasteiger partial charge in [0.15, 0.2) is 5.78 Å². The second kappa shape index (κ2) is 5.38. The largest absolute Gasteiger partial charge is 0.291 e. The van der Waals surface area contributed by atoms with Crippen LogP contribution in [0, 0.1) is 0 Å². The lowest BCUT2D eigenvalue weighted by Crippen LogP contribution is -2.04. The van der Waals surface area contributed by atoms with E-state index in [1.54, 1.807) is 24.0 Å². The number of hydrogen-bond donors (Lipinski definition) is 0. The van der Waals surface area contributed by atoms with E-state index in [2.05, 4.69) is 5.10 Å².